The summed E-state index contributed by atoms with van der Waals surface area (Å²) in [5.41, 5.74) is 1.84. The summed E-state index contributed by atoms with van der Waals surface area (Å²) in [5, 5.41) is 12.3. The smallest absolute Gasteiger partial charge is 0.352 e. The van der Waals surface area contributed by atoms with Crippen LogP contribution < -0.4 is 5.32 Å². The highest BCUT2D eigenvalue weighted by Crippen LogP contribution is 2.29. The van der Waals surface area contributed by atoms with Crippen molar-refractivity contribution in [3.63, 3.8) is 0 Å². The van der Waals surface area contributed by atoms with Crippen molar-refractivity contribution in [3.05, 3.63) is 83.0 Å². The first-order valence-corrected chi connectivity index (χ1v) is 9.32. The van der Waals surface area contributed by atoms with Crippen molar-refractivity contribution in [2.45, 2.75) is 41.5 Å². The van der Waals surface area contributed by atoms with Gasteiger partial charge >= 0.3 is 5.97 Å². The van der Waals surface area contributed by atoms with Gasteiger partial charge in [-0.15, -0.1) is 6.58 Å². The van der Waals surface area contributed by atoms with Gasteiger partial charge in [-0.25, -0.2) is 9.18 Å². The van der Waals surface area contributed by atoms with E-state index in [-0.39, 0.29) is 5.70 Å². The van der Waals surface area contributed by atoms with Gasteiger partial charge in [0.05, 0.1) is 0 Å². The molecule has 5 heteroatoms. The predicted molar refractivity (Wildman–Crippen MR) is 120 cm³/mol. The molecule has 1 rings (SSSR count). The Morgan fingerprint density at radius 2 is 1.75 bits per heavy atom. The Hall–Kier alpha value is -2.59. The van der Waals surface area contributed by atoms with E-state index in [4.69, 9.17) is 11.6 Å². The van der Waals surface area contributed by atoms with Gasteiger partial charge in [0, 0.05) is 16.3 Å². The normalized spacial score (nSPS) is 11.4. The van der Waals surface area contributed by atoms with E-state index in [1.807, 2.05) is 20.8 Å². The molecule has 0 bridgehead atoms. The average molecular weight is 408 g/mol. The van der Waals surface area contributed by atoms with Crippen molar-refractivity contribution in [3.8, 4) is 0 Å². The van der Waals surface area contributed by atoms with Crippen LogP contribution in [0, 0.1) is 5.82 Å². The van der Waals surface area contributed by atoms with Crippen molar-refractivity contribution in [2.75, 3.05) is 0 Å². The average Bonchev–Trinajstić information content (AvgIpc) is 2.65. The second-order valence-corrected chi connectivity index (χ2v) is 5.66. The molecule has 0 unspecified atom stereocenters. The molecule has 154 valence electrons. The van der Waals surface area contributed by atoms with Gasteiger partial charge in [-0.3, -0.25) is 0 Å². The number of hydrogen-bond acceptors (Lipinski definition) is 2. The Bertz CT molecular complexity index is 762. The van der Waals surface area contributed by atoms with Crippen molar-refractivity contribution >= 4 is 29.2 Å². The van der Waals surface area contributed by atoms with E-state index in [1.165, 1.54) is 18.2 Å². The Labute approximate surface area is 173 Å². The summed E-state index contributed by atoms with van der Waals surface area (Å²) in [6.07, 6.45) is 6.54. The maximum absolute atomic E-state index is 14.1. The summed E-state index contributed by atoms with van der Waals surface area (Å²) in [6.45, 7) is 18.0. The van der Waals surface area contributed by atoms with Gasteiger partial charge in [-0.2, -0.15) is 0 Å². The van der Waals surface area contributed by atoms with Crippen molar-refractivity contribution in [1.82, 2.24) is 5.32 Å². The van der Waals surface area contributed by atoms with Gasteiger partial charge in [-0.1, -0.05) is 56.3 Å². The molecule has 3 nitrogen and oxygen atoms in total. The third kappa shape index (κ3) is 9.93. The first kappa shape index (κ1) is 27.6. The molecule has 0 aliphatic heterocycles. The molecule has 0 aliphatic carbocycles. The molecule has 0 aliphatic rings. The molecular formula is C23H31ClFNO2. The van der Waals surface area contributed by atoms with Crippen LogP contribution in [0.25, 0.3) is 11.6 Å². The van der Waals surface area contributed by atoms with Crippen molar-refractivity contribution in [1.29, 1.82) is 0 Å². The van der Waals surface area contributed by atoms with Crippen LogP contribution in [0.1, 0.15) is 52.7 Å². The third-order valence-electron chi connectivity index (χ3n) is 2.97. The Morgan fingerprint density at radius 1 is 1.21 bits per heavy atom. The number of benzene rings is 1. The van der Waals surface area contributed by atoms with Crippen LogP contribution in [0.3, 0.4) is 0 Å². The molecule has 0 aromatic heterocycles. The number of halogens is 2. The van der Waals surface area contributed by atoms with Gasteiger partial charge < -0.3 is 10.4 Å². The number of allylic oxidation sites excluding steroid dienone is 6. The number of hydrogen-bond donors (Lipinski definition) is 2. The van der Waals surface area contributed by atoms with Gasteiger partial charge in [0.2, 0.25) is 0 Å². The summed E-state index contributed by atoms with van der Waals surface area (Å²) in [7, 11) is 0. The zero-order valence-electron chi connectivity index (χ0n) is 17.6. The molecule has 0 amide bonds. The molecule has 1 aromatic carbocycles. The SMILES string of the molecule is C=C(C)N/C(=C\c1ccc(F)c(C(=C/C)/C(Cl)=C\C)c1)C(=O)O.C=CC.CC. The lowest BCUT2D eigenvalue weighted by Crippen LogP contribution is -2.17. The summed E-state index contributed by atoms with van der Waals surface area (Å²) < 4.78 is 14.1. The van der Waals surface area contributed by atoms with E-state index in [9.17, 15) is 14.3 Å². The lowest BCUT2D eigenvalue weighted by molar-refractivity contribution is -0.132. The zero-order chi connectivity index (χ0) is 22.3. The number of rotatable bonds is 6. The van der Waals surface area contributed by atoms with E-state index in [2.05, 4.69) is 18.5 Å². The Morgan fingerprint density at radius 3 is 2.14 bits per heavy atom. The van der Waals surface area contributed by atoms with Crippen LogP contribution >= 0.6 is 11.6 Å². The quantitative estimate of drug-likeness (QED) is 0.299. The topological polar surface area (TPSA) is 49.3 Å². The molecule has 2 N–H and O–H groups in total. The fourth-order valence-electron chi connectivity index (χ4n) is 1.96. The summed E-state index contributed by atoms with van der Waals surface area (Å²) in [5.74, 6) is -1.56. The monoisotopic (exact) mass is 407 g/mol. The van der Waals surface area contributed by atoms with Gasteiger partial charge in [0.25, 0.3) is 0 Å². The minimum atomic E-state index is -1.13. The number of aliphatic carboxylic acids is 1. The highest BCUT2D eigenvalue weighted by molar-refractivity contribution is 6.36. The fourth-order valence-corrected chi connectivity index (χ4v) is 2.18. The van der Waals surface area contributed by atoms with E-state index >= 15 is 0 Å². The second-order valence-electron chi connectivity index (χ2n) is 5.25. The molecule has 0 spiro atoms. The van der Waals surface area contributed by atoms with Gasteiger partial charge in [0.1, 0.15) is 11.5 Å². The van der Waals surface area contributed by atoms with E-state index in [0.29, 0.717) is 27.4 Å². The maximum Gasteiger partial charge on any atom is 0.352 e. The van der Waals surface area contributed by atoms with Crippen LogP contribution in [0.2, 0.25) is 0 Å². The summed E-state index contributed by atoms with van der Waals surface area (Å²) >= 11 is 6.11. The number of carbonyl (C=O) groups is 1. The first-order chi connectivity index (χ1) is 13.2. The fraction of sp³-hybridized carbons (Fsp3) is 0.261. The zero-order valence-corrected chi connectivity index (χ0v) is 18.3. The predicted octanol–water partition coefficient (Wildman–Crippen LogP) is 7.14. The summed E-state index contributed by atoms with van der Waals surface area (Å²) in [6, 6.07) is 4.34. The minimum Gasteiger partial charge on any atom is -0.477 e. The van der Waals surface area contributed by atoms with E-state index < -0.39 is 11.8 Å². The molecule has 0 atom stereocenters. The largest absolute Gasteiger partial charge is 0.477 e. The number of nitrogens with one attached hydrogen (secondary N) is 1. The van der Waals surface area contributed by atoms with E-state index in [0.717, 1.165) is 0 Å². The Balaban J connectivity index is 0. The lowest BCUT2D eigenvalue weighted by atomic mass is 10.0. The molecule has 1 aromatic rings. The van der Waals surface area contributed by atoms with Crippen LogP contribution in [0.15, 0.2) is 66.0 Å². The third-order valence-corrected chi connectivity index (χ3v) is 3.39. The first-order valence-electron chi connectivity index (χ1n) is 8.94. The number of carboxylic acid groups (broad SMARTS) is 1. The lowest BCUT2D eigenvalue weighted by Gasteiger charge is -2.10. The molecule has 28 heavy (non-hydrogen) atoms. The van der Waals surface area contributed by atoms with Gasteiger partial charge in [0.15, 0.2) is 0 Å². The molecule has 0 heterocycles. The van der Waals surface area contributed by atoms with Crippen LogP contribution in [-0.2, 0) is 4.79 Å². The van der Waals surface area contributed by atoms with Crippen molar-refractivity contribution < 1.29 is 14.3 Å². The molecule has 0 saturated carbocycles. The highest BCUT2D eigenvalue weighted by Gasteiger charge is 2.12. The molecular weight excluding hydrogens is 377 g/mol. The van der Waals surface area contributed by atoms with Crippen LogP contribution in [0.4, 0.5) is 4.39 Å². The standard InChI is InChI=1S/C18H19ClFNO2.C3H6.C2H6/c1-5-13(15(19)6-2)14-9-12(7-8-16(14)20)10-17(18(22)23)21-11(3)4;1-3-2;1-2/h5-10,21H,3H2,1-2,4H3,(H,22,23);3H,1H2,2H3;1-2H3/b13-5-,15-6+,17-10-;;. The second kappa shape index (κ2) is 15.5. The minimum absolute atomic E-state index is 0.0470. The maximum atomic E-state index is 14.1. The van der Waals surface area contributed by atoms with Crippen LogP contribution in [0.5, 0.6) is 0 Å². The molecule has 0 saturated heterocycles. The van der Waals surface area contributed by atoms with Crippen molar-refractivity contribution in [2.24, 2.45) is 0 Å². The van der Waals surface area contributed by atoms with E-state index in [1.54, 1.807) is 45.1 Å². The highest BCUT2D eigenvalue weighted by atomic mass is 35.5. The van der Waals surface area contributed by atoms with Gasteiger partial charge in [-0.05, 0) is 57.0 Å². The van der Waals surface area contributed by atoms with Crippen LogP contribution in [-0.4, -0.2) is 11.1 Å². The molecule has 0 fully saturated rings. The molecule has 0 radical (unpaired) electrons. The summed E-state index contributed by atoms with van der Waals surface area (Å²) in [4.78, 5) is 11.2. The Kier molecular flexibility index (Phi) is 15.3. The number of carboxylic acids is 1.